The van der Waals surface area contributed by atoms with E-state index in [0.29, 0.717) is 24.4 Å². The molecule has 6 heteroatoms. The summed E-state index contributed by atoms with van der Waals surface area (Å²) in [7, 11) is 0. The number of pyridine rings is 1. The molecule has 6 nitrogen and oxygen atoms in total. The van der Waals surface area contributed by atoms with Crippen molar-refractivity contribution in [3.63, 3.8) is 0 Å². The summed E-state index contributed by atoms with van der Waals surface area (Å²) in [6.07, 6.45) is 3.29. The van der Waals surface area contributed by atoms with E-state index in [4.69, 9.17) is 5.73 Å². The predicted octanol–water partition coefficient (Wildman–Crippen LogP) is 3.20. The van der Waals surface area contributed by atoms with Crippen molar-refractivity contribution in [2.45, 2.75) is 52.6 Å². The summed E-state index contributed by atoms with van der Waals surface area (Å²) in [5.41, 5.74) is 8.50. The lowest BCUT2D eigenvalue weighted by Gasteiger charge is -2.39. The van der Waals surface area contributed by atoms with Crippen LogP contribution in [0.15, 0.2) is 30.5 Å². The van der Waals surface area contributed by atoms with E-state index >= 15 is 0 Å². The van der Waals surface area contributed by atoms with Crippen LogP contribution in [0.1, 0.15) is 46.1 Å². The minimum Gasteiger partial charge on any atom is -0.369 e. The lowest BCUT2D eigenvalue weighted by atomic mass is 9.88. The number of piperidine rings is 1. The predicted molar refractivity (Wildman–Crippen MR) is 116 cm³/mol. The standard InChI is InChI=1S/C23H31N5O/c1-15-10-17(27-22(29)19(25)11-23(2,3)4)14-28(13-15)20-8-7-16(12-24)21-18(20)6-5-9-26-21/h5-9,15,17,19H,10-11,13-14,25H2,1-4H3,(H,27,29)/t15-,17?,19?/m0/s1. The van der Waals surface area contributed by atoms with Crippen molar-refractivity contribution in [1.82, 2.24) is 10.3 Å². The highest BCUT2D eigenvalue weighted by atomic mass is 16.2. The van der Waals surface area contributed by atoms with Gasteiger partial charge in [-0.1, -0.05) is 27.7 Å². The number of benzene rings is 1. The summed E-state index contributed by atoms with van der Waals surface area (Å²) in [6, 6.07) is 9.48. The number of hydrogen-bond donors (Lipinski definition) is 2. The molecule has 1 fully saturated rings. The van der Waals surface area contributed by atoms with Crippen LogP contribution in [0.3, 0.4) is 0 Å². The van der Waals surface area contributed by atoms with Gasteiger partial charge in [0, 0.05) is 36.4 Å². The first kappa shape index (κ1) is 21.1. The third-order valence-electron chi connectivity index (χ3n) is 5.38. The fraction of sp³-hybridized carbons (Fsp3) is 0.522. The fourth-order valence-electron chi connectivity index (χ4n) is 4.24. The van der Waals surface area contributed by atoms with Gasteiger partial charge in [-0.2, -0.15) is 5.26 Å². The van der Waals surface area contributed by atoms with Gasteiger partial charge >= 0.3 is 0 Å². The van der Waals surface area contributed by atoms with Crippen molar-refractivity contribution in [2.75, 3.05) is 18.0 Å². The minimum absolute atomic E-state index is 0.0110. The molecule has 2 heterocycles. The van der Waals surface area contributed by atoms with Gasteiger partial charge in [-0.3, -0.25) is 9.78 Å². The van der Waals surface area contributed by atoms with E-state index in [2.05, 4.69) is 49.0 Å². The zero-order valence-electron chi connectivity index (χ0n) is 17.8. The Balaban J connectivity index is 1.80. The smallest absolute Gasteiger partial charge is 0.237 e. The molecule has 0 saturated carbocycles. The number of nitrogens with one attached hydrogen (secondary N) is 1. The van der Waals surface area contributed by atoms with Crippen molar-refractivity contribution in [3.8, 4) is 6.07 Å². The maximum Gasteiger partial charge on any atom is 0.237 e. The van der Waals surface area contributed by atoms with E-state index in [1.165, 1.54) is 0 Å². The Labute approximate surface area is 173 Å². The molecule has 154 valence electrons. The summed E-state index contributed by atoms with van der Waals surface area (Å²) >= 11 is 0. The van der Waals surface area contributed by atoms with Crippen molar-refractivity contribution in [2.24, 2.45) is 17.1 Å². The summed E-state index contributed by atoms with van der Waals surface area (Å²) < 4.78 is 0. The summed E-state index contributed by atoms with van der Waals surface area (Å²) in [6.45, 7) is 10.1. The van der Waals surface area contributed by atoms with Gasteiger partial charge in [-0.25, -0.2) is 0 Å². The molecule has 1 aliphatic heterocycles. The number of carbonyl (C=O) groups is 1. The lowest BCUT2D eigenvalue weighted by molar-refractivity contribution is -0.123. The number of hydrogen-bond acceptors (Lipinski definition) is 5. The quantitative estimate of drug-likeness (QED) is 0.832. The third kappa shape index (κ3) is 5.04. The Morgan fingerprint density at radius 1 is 1.38 bits per heavy atom. The molecular weight excluding hydrogens is 362 g/mol. The number of fused-ring (bicyclic) bond motifs is 1. The molecule has 1 saturated heterocycles. The summed E-state index contributed by atoms with van der Waals surface area (Å²) in [4.78, 5) is 19.3. The number of aromatic nitrogens is 1. The summed E-state index contributed by atoms with van der Waals surface area (Å²) in [5.74, 6) is 0.348. The second kappa shape index (κ2) is 8.38. The molecule has 1 aliphatic rings. The fourth-order valence-corrected chi connectivity index (χ4v) is 4.24. The largest absolute Gasteiger partial charge is 0.369 e. The lowest BCUT2D eigenvalue weighted by Crippen LogP contribution is -2.54. The molecule has 2 unspecified atom stereocenters. The number of amides is 1. The topological polar surface area (TPSA) is 95.0 Å². The van der Waals surface area contributed by atoms with Gasteiger partial charge in [0.15, 0.2) is 0 Å². The monoisotopic (exact) mass is 393 g/mol. The number of carbonyl (C=O) groups excluding carboxylic acids is 1. The Bertz CT molecular complexity index is 927. The van der Waals surface area contributed by atoms with Crippen LogP contribution >= 0.6 is 0 Å². The first-order valence-corrected chi connectivity index (χ1v) is 10.3. The van der Waals surface area contributed by atoms with Crippen LogP contribution in [0.5, 0.6) is 0 Å². The SMILES string of the molecule is C[C@H]1CC(NC(=O)C(N)CC(C)(C)C)CN(c2ccc(C#N)c3ncccc23)C1. The van der Waals surface area contributed by atoms with Crippen LogP contribution in [0, 0.1) is 22.7 Å². The Morgan fingerprint density at radius 3 is 2.83 bits per heavy atom. The Hall–Kier alpha value is -2.65. The first-order chi connectivity index (χ1) is 13.7. The molecular formula is C23H31N5O. The molecule has 0 aliphatic carbocycles. The van der Waals surface area contributed by atoms with E-state index in [0.717, 1.165) is 29.6 Å². The van der Waals surface area contributed by atoms with Gasteiger partial charge in [-0.15, -0.1) is 0 Å². The van der Waals surface area contributed by atoms with Crippen LogP contribution in [0.2, 0.25) is 0 Å². The van der Waals surface area contributed by atoms with Crippen molar-refractivity contribution < 1.29 is 4.79 Å². The average molecular weight is 394 g/mol. The van der Waals surface area contributed by atoms with E-state index in [1.807, 2.05) is 24.3 Å². The van der Waals surface area contributed by atoms with Gasteiger partial charge < -0.3 is 16.0 Å². The first-order valence-electron chi connectivity index (χ1n) is 10.3. The highest BCUT2D eigenvalue weighted by Gasteiger charge is 2.29. The molecule has 1 aromatic heterocycles. The maximum atomic E-state index is 12.6. The van der Waals surface area contributed by atoms with Gasteiger partial charge in [0.2, 0.25) is 5.91 Å². The molecule has 0 bridgehead atoms. The molecule has 3 atom stereocenters. The van der Waals surface area contributed by atoms with Crippen molar-refractivity contribution in [3.05, 3.63) is 36.0 Å². The van der Waals surface area contributed by atoms with Gasteiger partial charge in [0.05, 0.1) is 17.1 Å². The molecule has 3 rings (SSSR count). The zero-order valence-corrected chi connectivity index (χ0v) is 17.8. The second-order valence-electron chi connectivity index (χ2n) is 9.47. The van der Waals surface area contributed by atoms with Crippen molar-refractivity contribution >= 4 is 22.5 Å². The zero-order chi connectivity index (χ0) is 21.2. The van der Waals surface area contributed by atoms with E-state index in [9.17, 15) is 10.1 Å². The highest BCUT2D eigenvalue weighted by molar-refractivity contribution is 5.95. The Kier molecular flexibility index (Phi) is 6.09. The average Bonchev–Trinajstić information content (AvgIpc) is 2.65. The highest BCUT2D eigenvalue weighted by Crippen LogP contribution is 2.31. The third-order valence-corrected chi connectivity index (χ3v) is 5.38. The number of rotatable bonds is 4. The van der Waals surface area contributed by atoms with Crippen LogP contribution in [0.25, 0.3) is 10.9 Å². The van der Waals surface area contributed by atoms with Gasteiger partial charge in [-0.05, 0) is 48.4 Å². The molecule has 0 spiro atoms. The second-order valence-corrected chi connectivity index (χ2v) is 9.47. The van der Waals surface area contributed by atoms with Crippen LogP contribution < -0.4 is 16.0 Å². The molecule has 2 aromatic rings. The van der Waals surface area contributed by atoms with E-state index in [1.54, 1.807) is 6.20 Å². The van der Waals surface area contributed by atoms with Crippen molar-refractivity contribution in [1.29, 1.82) is 5.26 Å². The summed E-state index contributed by atoms with van der Waals surface area (Å²) in [5, 5.41) is 13.5. The van der Waals surface area contributed by atoms with E-state index < -0.39 is 6.04 Å². The van der Waals surface area contributed by atoms with Crippen LogP contribution in [0.4, 0.5) is 5.69 Å². The van der Waals surface area contributed by atoms with Crippen LogP contribution in [-0.2, 0) is 4.79 Å². The van der Waals surface area contributed by atoms with Gasteiger partial charge in [0.25, 0.3) is 0 Å². The minimum atomic E-state index is -0.499. The normalized spacial score (nSPS) is 20.9. The van der Waals surface area contributed by atoms with Gasteiger partial charge in [0.1, 0.15) is 6.07 Å². The number of nitriles is 1. The number of nitrogens with zero attached hydrogens (tertiary/aromatic N) is 3. The Morgan fingerprint density at radius 2 is 2.14 bits per heavy atom. The molecule has 1 amide bonds. The molecule has 0 radical (unpaired) electrons. The van der Waals surface area contributed by atoms with E-state index in [-0.39, 0.29) is 17.4 Å². The maximum absolute atomic E-state index is 12.6. The molecule has 29 heavy (non-hydrogen) atoms. The number of nitrogens with two attached hydrogens (primary N) is 1. The molecule has 3 N–H and O–H groups in total. The molecule has 1 aromatic carbocycles. The number of anilines is 1. The van der Waals surface area contributed by atoms with Crippen LogP contribution in [-0.4, -0.2) is 36.1 Å².